The van der Waals surface area contributed by atoms with Crippen molar-refractivity contribution in [1.29, 1.82) is 0 Å². The van der Waals surface area contributed by atoms with E-state index in [1.807, 2.05) is 37.3 Å². The summed E-state index contributed by atoms with van der Waals surface area (Å²) in [6.45, 7) is 1.97. The van der Waals surface area contributed by atoms with Crippen molar-refractivity contribution in [3.63, 3.8) is 0 Å². The number of aryl methyl sites for hydroxylation is 1. The molecule has 0 aromatic heterocycles. The summed E-state index contributed by atoms with van der Waals surface area (Å²) in [5, 5.41) is 5.69. The van der Waals surface area contributed by atoms with Gasteiger partial charge in [0.2, 0.25) is 0 Å². The number of nitrogens with one attached hydrogen (secondary N) is 2. The van der Waals surface area contributed by atoms with Crippen LogP contribution in [0.1, 0.15) is 26.3 Å². The molecular formula is C21H18N2O2. The lowest BCUT2D eigenvalue weighted by Crippen LogP contribution is -2.16. The van der Waals surface area contributed by atoms with E-state index < -0.39 is 0 Å². The van der Waals surface area contributed by atoms with Crippen molar-refractivity contribution in [3.05, 3.63) is 95.6 Å². The van der Waals surface area contributed by atoms with Gasteiger partial charge in [0.05, 0.1) is 11.4 Å². The van der Waals surface area contributed by atoms with E-state index in [-0.39, 0.29) is 11.8 Å². The van der Waals surface area contributed by atoms with Gasteiger partial charge in [-0.2, -0.15) is 0 Å². The molecular weight excluding hydrogens is 312 g/mol. The molecule has 0 saturated heterocycles. The summed E-state index contributed by atoms with van der Waals surface area (Å²) in [4.78, 5) is 24.7. The van der Waals surface area contributed by atoms with Crippen LogP contribution in [-0.4, -0.2) is 11.8 Å². The molecule has 25 heavy (non-hydrogen) atoms. The quantitative estimate of drug-likeness (QED) is 0.740. The summed E-state index contributed by atoms with van der Waals surface area (Å²) in [5.41, 5.74) is 3.32. The van der Waals surface area contributed by atoms with Gasteiger partial charge in [0.1, 0.15) is 0 Å². The molecule has 2 N–H and O–H groups in total. The van der Waals surface area contributed by atoms with Crippen LogP contribution in [0.4, 0.5) is 11.4 Å². The highest BCUT2D eigenvalue weighted by atomic mass is 16.2. The lowest BCUT2D eigenvalue weighted by atomic mass is 10.1. The van der Waals surface area contributed by atoms with Gasteiger partial charge in [0.25, 0.3) is 11.8 Å². The topological polar surface area (TPSA) is 58.2 Å². The summed E-state index contributed by atoms with van der Waals surface area (Å²) in [6.07, 6.45) is 0. The van der Waals surface area contributed by atoms with Gasteiger partial charge in [-0.3, -0.25) is 9.59 Å². The van der Waals surface area contributed by atoms with E-state index in [2.05, 4.69) is 10.6 Å². The highest BCUT2D eigenvalue weighted by Gasteiger charge is 2.11. The van der Waals surface area contributed by atoms with E-state index in [9.17, 15) is 9.59 Å². The zero-order valence-electron chi connectivity index (χ0n) is 13.8. The maximum absolute atomic E-state index is 12.4. The Balaban J connectivity index is 1.78. The zero-order valence-corrected chi connectivity index (χ0v) is 13.8. The molecule has 0 bridgehead atoms. The Kier molecular flexibility index (Phi) is 4.90. The smallest absolute Gasteiger partial charge is 0.255 e. The van der Waals surface area contributed by atoms with Crippen molar-refractivity contribution >= 4 is 23.2 Å². The maximum Gasteiger partial charge on any atom is 0.255 e. The van der Waals surface area contributed by atoms with Crippen molar-refractivity contribution in [3.8, 4) is 0 Å². The second-order valence-corrected chi connectivity index (χ2v) is 5.69. The average molecular weight is 330 g/mol. The Morgan fingerprint density at radius 2 is 1.04 bits per heavy atom. The molecule has 0 aliphatic heterocycles. The Morgan fingerprint density at radius 1 is 0.600 bits per heavy atom. The molecule has 0 spiro atoms. The number of para-hydroxylation sites is 2. The second kappa shape index (κ2) is 7.45. The van der Waals surface area contributed by atoms with Gasteiger partial charge < -0.3 is 10.6 Å². The predicted octanol–water partition coefficient (Wildman–Crippen LogP) is 4.50. The van der Waals surface area contributed by atoms with Crippen LogP contribution >= 0.6 is 0 Å². The molecule has 3 aromatic rings. The fraction of sp³-hybridized carbons (Fsp3) is 0.0476. The third-order valence-corrected chi connectivity index (χ3v) is 3.77. The number of hydrogen-bond donors (Lipinski definition) is 2. The van der Waals surface area contributed by atoms with Gasteiger partial charge in [0.15, 0.2) is 0 Å². The number of hydrogen-bond acceptors (Lipinski definition) is 2. The largest absolute Gasteiger partial charge is 0.320 e. The maximum atomic E-state index is 12.4. The van der Waals surface area contributed by atoms with Crippen LogP contribution in [0.2, 0.25) is 0 Å². The van der Waals surface area contributed by atoms with Gasteiger partial charge in [-0.1, -0.05) is 48.0 Å². The van der Waals surface area contributed by atoms with Crippen molar-refractivity contribution in [1.82, 2.24) is 0 Å². The summed E-state index contributed by atoms with van der Waals surface area (Å²) in [7, 11) is 0. The van der Waals surface area contributed by atoms with E-state index in [1.165, 1.54) is 0 Å². The Labute approximate surface area is 146 Å². The predicted molar refractivity (Wildman–Crippen MR) is 100.0 cm³/mol. The zero-order chi connectivity index (χ0) is 17.6. The van der Waals surface area contributed by atoms with Gasteiger partial charge in [-0.15, -0.1) is 0 Å². The van der Waals surface area contributed by atoms with Gasteiger partial charge in [-0.25, -0.2) is 0 Å². The van der Waals surface area contributed by atoms with E-state index in [1.54, 1.807) is 48.5 Å². The molecule has 2 amide bonds. The molecule has 0 aliphatic rings. The normalized spacial score (nSPS) is 10.1. The van der Waals surface area contributed by atoms with Crippen LogP contribution < -0.4 is 10.6 Å². The molecule has 4 heteroatoms. The van der Waals surface area contributed by atoms with E-state index in [0.29, 0.717) is 22.5 Å². The minimum atomic E-state index is -0.224. The summed E-state index contributed by atoms with van der Waals surface area (Å²) >= 11 is 0. The number of amides is 2. The number of carbonyl (C=O) groups is 2. The SMILES string of the molecule is Cc1ccc(C(=O)Nc2ccccc2NC(=O)c2ccccc2)cc1. The monoisotopic (exact) mass is 330 g/mol. The Hall–Kier alpha value is -3.40. The first kappa shape index (κ1) is 16.5. The first-order valence-electron chi connectivity index (χ1n) is 7.97. The minimum absolute atomic E-state index is 0.221. The number of rotatable bonds is 4. The molecule has 3 aromatic carbocycles. The van der Waals surface area contributed by atoms with E-state index in [0.717, 1.165) is 5.56 Å². The Morgan fingerprint density at radius 3 is 1.56 bits per heavy atom. The Bertz CT molecular complexity index is 887. The highest BCUT2D eigenvalue weighted by molar-refractivity contribution is 6.09. The molecule has 0 fully saturated rings. The van der Waals surface area contributed by atoms with Crippen LogP contribution in [0.3, 0.4) is 0 Å². The van der Waals surface area contributed by atoms with Gasteiger partial charge in [0, 0.05) is 11.1 Å². The van der Waals surface area contributed by atoms with Crippen LogP contribution in [0, 0.1) is 6.92 Å². The third-order valence-electron chi connectivity index (χ3n) is 3.77. The average Bonchev–Trinajstić information content (AvgIpc) is 2.64. The summed E-state index contributed by atoms with van der Waals surface area (Å²) in [5.74, 6) is -0.445. The van der Waals surface area contributed by atoms with Crippen LogP contribution in [0.5, 0.6) is 0 Å². The first-order valence-corrected chi connectivity index (χ1v) is 7.97. The second-order valence-electron chi connectivity index (χ2n) is 5.69. The molecule has 4 nitrogen and oxygen atoms in total. The molecule has 124 valence electrons. The molecule has 3 rings (SSSR count). The fourth-order valence-corrected chi connectivity index (χ4v) is 2.38. The van der Waals surface area contributed by atoms with E-state index in [4.69, 9.17) is 0 Å². The molecule has 0 saturated carbocycles. The molecule has 0 atom stereocenters. The third kappa shape index (κ3) is 4.12. The first-order chi connectivity index (χ1) is 12.1. The standard InChI is InChI=1S/C21H18N2O2/c1-15-11-13-17(14-12-15)21(25)23-19-10-6-5-9-18(19)22-20(24)16-7-3-2-4-8-16/h2-14H,1H3,(H,22,24)(H,23,25). The van der Waals surface area contributed by atoms with E-state index >= 15 is 0 Å². The molecule has 0 heterocycles. The summed E-state index contributed by atoms with van der Waals surface area (Å²) < 4.78 is 0. The van der Waals surface area contributed by atoms with Crippen LogP contribution in [0.15, 0.2) is 78.9 Å². The van der Waals surface area contributed by atoms with Crippen molar-refractivity contribution in [2.45, 2.75) is 6.92 Å². The van der Waals surface area contributed by atoms with Gasteiger partial charge >= 0.3 is 0 Å². The number of carbonyl (C=O) groups excluding carboxylic acids is 2. The minimum Gasteiger partial charge on any atom is -0.320 e. The number of benzene rings is 3. The fourth-order valence-electron chi connectivity index (χ4n) is 2.38. The highest BCUT2D eigenvalue weighted by Crippen LogP contribution is 2.22. The molecule has 0 radical (unpaired) electrons. The number of anilines is 2. The lowest BCUT2D eigenvalue weighted by molar-refractivity contribution is 0.101. The molecule has 0 aliphatic carbocycles. The summed E-state index contributed by atoms with van der Waals surface area (Å²) in [6, 6.07) is 23.4. The van der Waals surface area contributed by atoms with Crippen LogP contribution in [-0.2, 0) is 0 Å². The van der Waals surface area contributed by atoms with Crippen molar-refractivity contribution in [2.75, 3.05) is 10.6 Å². The molecule has 0 unspecified atom stereocenters. The van der Waals surface area contributed by atoms with Crippen LogP contribution in [0.25, 0.3) is 0 Å². The van der Waals surface area contributed by atoms with Gasteiger partial charge in [-0.05, 0) is 43.3 Å². The van der Waals surface area contributed by atoms with Crippen molar-refractivity contribution in [2.24, 2.45) is 0 Å². The lowest BCUT2D eigenvalue weighted by Gasteiger charge is -2.12. The van der Waals surface area contributed by atoms with Crippen molar-refractivity contribution < 1.29 is 9.59 Å².